The zero-order chi connectivity index (χ0) is 26.0. The molecule has 1 N–H and O–H groups in total. The van der Waals surface area contributed by atoms with E-state index in [1.807, 2.05) is 61.5 Å². The highest BCUT2D eigenvalue weighted by Crippen LogP contribution is 2.46. The Hall–Kier alpha value is -3.87. The van der Waals surface area contributed by atoms with Gasteiger partial charge < -0.3 is 19.5 Å². The van der Waals surface area contributed by atoms with Gasteiger partial charge in [-0.1, -0.05) is 37.3 Å². The SMILES string of the molecule is COC(=O)C1C(=O)C2=C(CC1C)NC(C)=C(C(=O)OC(C)C)C2c1cccc(Oc2ccccc2)c1. The van der Waals surface area contributed by atoms with Gasteiger partial charge in [0, 0.05) is 22.9 Å². The summed E-state index contributed by atoms with van der Waals surface area (Å²) < 4.78 is 16.6. The van der Waals surface area contributed by atoms with E-state index in [1.165, 1.54) is 7.11 Å². The van der Waals surface area contributed by atoms with Gasteiger partial charge in [-0.25, -0.2) is 4.79 Å². The maximum Gasteiger partial charge on any atom is 0.337 e. The van der Waals surface area contributed by atoms with Crippen molar-refractivity contribution in [1.29, 1.82) is 0 Å². The third kappa shape index (κ3) is 4.91. The van der Waals surface area contributed by atoms with Crippen molar-refractivity contribution in [2.24, 2.45) is 11.8 Å². The normalized spacial score (nSPS) is 21.6. The zero-order valence-corrected chi connectivity index (χ0v) is 21.2. The molecule has 2 aromatic rings. The number of carbonyl (C=O) groups is 3. The molecule has 4 rings (SSSR count). The molecule has 0 amide bonds. The van der Waals surface area contributed by atoms with E-state index in [0.717, 1.165) is 0 Å². The molecule has 3 atom stereocenters. The number of benzene rings is 2. The highest BCUT2D eigenvalue weighted by Gasteiger charge is 2.47. The molecule has 7 nitrogen and oxygen atoms in total. The first-order valence-electron chi connectivity index (χ1n) is 12.1. The number of Topliss-reactive ketones (excluding diaryl/α,β-unsaturated/α-hetero) is 1. The van der Waals surface area contributed by atoms with E-state index in [-0.39, 0.29) is 17.8 Å². The summed E-state index contributed by atoms with van der Waals surface area (Å²) >= 11 is 0. The summed E-state index contributed by atoms with van der Waals surface area (Å²) in [5.41, 5.74) is 2.76. The topological polar surface area (TPSA) is 90.9 Å². The molecule has 0 aromatic heterocycles. The third-order valence-electron chi connectivity index (χ3n) is 6.48. The Kier molecular flexibility index (Phi) is 7.29. The molecular formula is C29H31NO6. The maximum absolute atomic E-state index is 13.8. The molecule has 0 saturated heterocycles. The van der Waals surface area contributed by atoms with Crippen LogP contribution in [0.3, 0.4) is 0 Å². The van der Waals surface area contributed by atoms with E-state index >= 15 is 0 Å². The largest absolute Gasteiger partial charge is 0.468 e. The van der Waals surface area contributed by atoms with E-state index in [4.69, 9.17) is 14.2 Å². The van der Waals surface area contributed by atoms with Gasteiger partial charge in [-0.2, -0.15) is 0 Å². The van der Waals surface area contributed by atoms with E-state index in [2.05, 4.69) is 5.32 Å². The van der Waals surface area contributed by atoms with E-state index in [9.17, 15) is 14.4 Å². The first-order chi connectivity index (χ1) is 17.2. The molecule has 0 radical (unpaired) electrons. The second kappa shape index (κ2) is 10.4. The minimum Gasteiger partial charge on any atom is -0.468 e. The van der Waals surface area contributed by atoms with Crippen LogP contribution < -0.4 is 10.1 Å². The van der Waals surface area contributed by atoms with Crippen molar-refractivity contribution in [3.8, 4) is 11.5 Å². The zero-order valence-electron chi connectivity index (χ0n) is 21.2. The van der Waals surface area contributed by atoms with E-state index < -0.39 is 23.8 Å². The molecular weight excluding hydrogens is 458 g/mol. The van der Waals surface area contributed by atoms with Crippen LogP contribution in [-0.4, -0.2) is 30.9 Å². The molecule has 0 spiro atoms. The molecule has 1 aliphatic heterocycles. The minimum absolute atomic E-state index is 0.249. The van der Waals surface area contributed by atoms with Crippen LogP contribution in [0.5, 0.6) is 11.5 Å². The number of hydrogen-bond donors (Lipinski definition) is 1. The third-order valence-corrected chi connectivity index (χ3v) is 6.48. The Bertz CT molecular complexity index is 1240. The van der Waals surface area contributed by atoms with E-state index in [1.54, 1.807) is 20.8 Å². The molecule has 0 bridgehead atoms. The van der Waals surface area contributed by atoms with Crippen molar-refractivity contribution in [2.45, 2.75) is 46.1 Å². The van der Waals surface area contributed by atoms with Gasteiger partial charge in [0.25, 0.3) is 0 Å². The fraction of sp³-hybridized carbons (Fsp3) is 0.345. The summed E-state index contributed by atoms with van der Waals surface area (Å²) in [5, 5.41) is 3.27. The second-order valence-electron chi connectivity index (χ2n) is 9.48. The number of carbonyl (C=O) groups excluding carboxylic acids is 3. The summed E-state index contributed by atoms with van der Waals surface area (Å²) in [5.74, 6) is -2.11. The number of esters is 2. The maximum atomic E-state index is 13.8. The number of methoxy groups -OCH3 is 1. The molecule has 2 aliphatic rings. The van der Waals surface area contributed by atoms with Crippen molar-refractivity contribution in [2.75, 3.05) is 7.11 Å². The molecule has 1 heterocycles. The van der Waals surface area contributed by atoms with Gasteiger partial charge in [-0.05, 0) is 62.9 Å². The monoisotopic (exact) mass is 489 g/mol. The number of para-hydroxylation sites is 1. The average Bonchev–Trinajstić information content (AvgIpc) is 2.83. The van der Waals surface area contributed by atoms with Crippen molar-refractivity contribution in [3.05, 3.63) is 82.7 Å². The number of dihydropyridines is 1. The quantitative estimate of drug-likeness (QED) is 0.449. The fourth-order valence-corrected chi connectivity index (χ4v) is 4.94. The summed E-state index contributed by atoms with van der Waals surface area (Å²) in [7, 11) is 1.28. The van der Waals surface area contributed by atoms with Crippen LogP contribution in [0.25, 0.3) is 0 Å². The molecule has 0 saturated carbocycles. The van der Waals surface area contributed by atoms with Crippen molar-refractivity contribution in [1.82, 2.24) is 5.32 Å². The first kappa shape index (κ1) is 25.2. The van der Waals surface area contributed by atoms with Crippen molar-refractivity contribution < 1.29 is 28.6 Å². The number of ether oxygens (including phenoxy) is 3. The Morgan fingerprint density at radius 3 is 2.39 bits per heavy atom. The average molecular weight is 490 g/mol. The van der Waals surface area contributed by atoms with Crippen LogP contribution >= 0.6 is 0 Å². The van der Waals surface area contributed by atoms with Crippen LogP contribution in [0.2, 0.25) is 0 Å². The van der Waals surface area contributed by atoms with Gasteiger partial charge in [-0.15, -0.1) is 0 Å². The first-order valence-corrected chi connectivity index (χ1v) is 12.1. The molecule has 7 heteroatoms. The number of allylic oxidation sites excluding steroid dienone is 3. The van der Waals surface area contributed by atoms with Gasteiger partial charge in [-0.3, -0.25) is 9.59 Å². The molecule has 2 aromatic carbocycles. The van der Waals surface area contributed by atoms with Crippen molar-refractivity contribution in [3.63, 3.8) is 0 Å². The minimum atomic E-state index is -0.942. The smallest absolute Gasteiger partial charge is 0.337 e. The van der Waals surface area contributed by atoms with Gasteiger partial charge in [0.05, 0.1) is 18.8 Å². The van der Waals surface area contributed by atoms with Gasteiger partial charge in [0.15, 0.2) is 5.78 Å². The van der Waals surface area contributed by atoms with Crippen LogP contribution in [0.4, 0.5) is 0 Å². The molecule has 0 fully saturated rings. The fourth-order valence-electron chi connectivity index (χ4n) is 4.94. The number of ketones is 1. The highest BCUT2D eigenvalue weighted by atomic mass is 16.5. The van der Waals surface area contributed by atoms with Crippen LogP contribution in [0, 0.1) is 11.8 Å². The Balaban J connectivity index is 1.83. The van der Waals surface area contributed by atoms with Crippen molar-refractivity contribution >= 4 is 17.7 Å². The lowest BCUT2D eigenvalue weighted by Gasteiger charge is -2.38. The Labute approximate surface area is 211 Å². The summed E-state index contributed by atoms with van der Waals surface area (Å²) in [6.07, 6.45) is 0.132. The lowest BCUT2D eigenvalue weighted by atomic mass is 9.69. The Morgan fingerprint density at radius 1 is 1.03 bits per heavy atom. The Morgan fingerprint density at radius 2 is 1.72 bits per heavy atom. The van der Waals surface area contributed by atoms with Crippen LogP contribution in [0.1, 0.15) is 45.6 Å². The van der Waals surface area contributed by atoms with Gasteiger partial charge in [0.2, 0.25) is 0 Å². The number of hydrogen-bond acceptors (Lipinski definition) is 7. The van der Waals surface area contributed by atoms with E-state index in [0.29, 0.717) is 46.0 Å². The van der Waals surface area contributed by atoms with Gasteiger partial charge >= 0.3 is 11.9 Å². The lowest BCUT2D eigenvalue weighted by Crippen LogP contribution is -2.43. The predicted octanol–water partition coefficient (Wildman–Crippen LogP) is 5.04. The summed E-state index contributed by atoms with van der Waals surface area (Å²) in [6.45, 7) is 7.22. The highest BCUT2D eigenvalue weighted by molar-refractivity contribution is 6.12. The summed E-state index contributed by atoms with van der Waals surface area (Å²) in [6, 6.07) is 16.7. The standard InChI is InChI=1S/C29H31NO6/c1-16(2)35-29(33)24-18(4)30-22-14-17(3)23(28(32)34-5)27(31)26(22)25(24)19-10-9-13-21(15-19)36-20-11-7-6-8-12-20/h6-13,15-17,23,25,30H,14H2,1-5H3. The van der Waals surface area contributed by atoms with Gasteiger partial charge in [0.1, 0.15) is 17.4 Å². The second-order valence-corrected chi connectivity index (χ2v) is 9.48. The molecule has 36 heavy (non-hydrogen) atoms. The molecule has 1 aliphatic carbocycles. The number of rotatable bonds is 6. The predicted molar refractivity (Wildman–Crippen MR) is 134 cm³/mol. The number of nitrogens with one attached hydrogen (secondary N) is 1. The molecule has 188 valence electrons. The lowest BCUT2D eigenvalue weighted by molar-refractivity contribution is -0.151. The summed E-state index contributed by atoms with van der Waals surface area (Å²) in [4.78, 5) is 39.7. The molecule has 3 unspecified atom stereocenters. The van der Waals surface area contributed by atoms with Crippen LogP contribution in [0.15, 0.2) is 77.1 Å². The van der Waals surface area contributed by atoms with Crippen LogP contribution in [-0.2, 0) is 23.9 Å².